The van der Waals surface area contributed by atoms with Crippen molar-refractivity contribution in [2.75, 3.05) is 0 Å². The Hall–Kier alpha value is -1.30. The molecule has 0 heteroatoms. The van der Waals surface area contributed by atoms with Crippen molar-refractivity contribution < 1.29 is 0 Å². The topological polar surface area (TPSA) is 0 Å². The summed E-state index contributed by atoms with van der Waals surface area (Å²) in [5.41, 5.74) is 2.47. The molecule has 0 bridgehead atoms. The Kier molecular flexibility index (Phi) is 6.62. The monoisotopic (exact) mass is 174 g/mol. The van der Waals surface area contributed by atoms with E-state index in [0.717, 1.165) is 6.42 Å². The SMILES string of the molecule is C=C\C=C/C(/C=C\C)=C(/C=C)CC. The summed E-state index contributed by atoms with van der Waals surface area (Å²) in [6, 6.07) is 0. The van der Waals surface area contributed by atoms with E-state index in [4.69, 9.17) is 0 Å². The van der Waals surface area contributed by atoms with E-state index in [2.05, 4.69) is 26.2 Å². The third-order valence-electron chi connectivity index (χ3n) is 1.76. The van der Waals surface area contributed by atoms with Crippen LogP contribution in [0.5, 0.6) is 0 Å². The number of hydrogen-bond donors (Lipinski definition) is 0. The molecule has 0 aromatic heterocycles. The van der Waals surface area contributed by atoms with Crippen LogP contribution in [-0.2, 0) is 0 Å². The Bertz CT molecular complexity index is 249. The molecule has 0 aliphatic heterocycles. The molecule has 0 nitrogen and oxygen atoms in total. The van der Waals surface area contributed by atoms with Gasteiger partial charge in [0.15, 0.2) is 0 Å². The molecule has 0 saturated heterocycles. The summed E-state index contributed by atoms with van der Waals surface area (Å²) in [4.78, 5) is 0. The van der Waals surface area contributed by atoms with Gasteiger partial charge in [-0.1, -0.05) is 56.5 Å². The van der Waals surface area contributed by atoms with Crippen molar-refractivity contribution in [2.24, 2.45) is 0 Å². The summed E-state index contributed by atoms with van der Waals surface area (Å²) in [6.45, 7) is 11.6. The molecule has 13 heavy (non-hydrogen) atoms. The van der Waals surface area contributed by atoms with Gasteiger partial charge in [0.1, 0.15) is 0 Å². The first-order valence-corrected chi connectivity index (χ1v) is 4.57. The van der Waals surface area contributed by atoms with Gasteiger partial charge in [0.25, 0.3) is 0 Å². The Morgan fingerprint density at radius 2 is 1.92 bits per heavy atom. The molecule has 0 rings (SSSR count). The quantitative estimate of drug-likeness (QED) is 0.548. The van der Waals surface area contributed by atoms with Gasteiger partial charge in [-0.25, -0.2) is 0 Å². The van der Waals surface area contributed by atoms with Crippen LogP contribution < -0.4 is 0 Å². The Morgan fingerprint density at radius 1 is 1.23 bits per heavy atom. The molecule has 0 heterocycles. The van der Waals surface area contributed by atoms with E-state index in [-0.39, 0.29) is 0 Å². The average molecular weight is 174 g/mol. The van der Waals surface area contributed by atoms with Crippen LogP contribution in [0.3, 0.4) is 0 Å². The van der Waals surface area contributed by atoms with Crippen molar-refractivity contribution in [2.45, 2.75) is 20.3 Å². The van der Waals surface area contributed by atoms with Gasteiger partial charge in [0, 0.05) is 0 Å². The van der Waals surface area contributed by atoms with Crippen LogP contribution in [0.2, 0.25) is 0 Å². The lowest BCUT2D eigenvalue weighted by molar-refractivity contribution is 1.13. The van der Waals surface area contributed by atoms with Crippen LogP contribution in [-0.4, -0.2) is 0 Å². The molecule has 0 N–H and O–H groups in total. The van der Waals surface area contributed by atoms with E-state index in [1.54, 1.807) is 6.08 Å². The van der Waals surface area contributed by atoms with Crippen LogP contribution >= 0.6 is 0 Å². The van der Waals surface area contributed by atoms with Crippen molar-refractivity contribution in [3.8, 4) is 0 Å². The first-order valence-electron chi connectivity index (χ1n) is 4.57. The summed E-state index contributed by atoms with van der Waals surface area (Å²) in [6.07, 6.45) is 12.8. The molecule has 0 unspecified atom stereocenters. The molecule has 0 saturated carbocycles. The minimum atomic E-state index is 1.00. The van der Waals surface area contributed by atoms with Crippen LogP contribution in [0.1, 0.15) is 20.3 Å². The van der Waals surface area contributed by atoms with E-state index in [0.29, 0.717) is 0 Å². The second-order valence-corrected chi connectivity index (χ2v) is 2.63. The fraction of sp³-hybridized carbons (Fsp3) is 0.231. The Labute approximate surface area is 81.7 Å². The number of rotatable bonds is 5. The highest BCUT2D eigenvalue weighted by molar-refractivity contribution is 5.40. The zero-order valence-electron chi connectivity index (χ0n) is 8.59. The van der Waals surface area contributed by atoms with Gasteiger partial charge in [-0.15, -0.1) is 0 Å². The predicted octanol–water partition coefficient (Wildman–Crippen LogP) is 4.20. The maximum atomic E-state index is 3.79. The summed E-state index contributed by atoms with van der Waals surface area (Å²) < 4.78 is 0. The largest absolute Gasteiger partial charge is 0.0991 e. The highest BCUT2D eigenvalue weighted by atomic mass is 14.0. The molecular weight excluding hydrogens is 156 g/mol. The van der Waals surface area contributed by atoms with E-state index < -0.39 is 0 Å². The van der Waals surface area contributed by atoms with Gasteiger partial charge in [0.2, 0.25) is 0 Å². The lowest BCUT2D eigenvalue weighted by Gasteiger charge is -2.01. The molecule has 0 amide bonds. The van der Waals surface area contributed by atoms with Crippen LogP contribution in [0.4, 0.5) is 0 Å². The van der Waals surface area contributed by atoms with Crippen LogP contribution in [0, 0.1) is 0 Å². The molecule has 0 fully saturated rings. The molecule has 0 radical (unpaired) electrons. The van der Waals surface area contributed by atoms with E-state index >= 15 is 0 Å². The maximum Gasteiger partial charge on any atom is -0.0228 e. The van der Waals surface area contributed by atoms with Crippen molar-refractivity contribution in [1.82, 2.24) is 0 Å². The standard InChI is InChI=1S/C13H18/c1-5-9-11-13(10-6-2)12(7-3)8-4/h5-7,9-11H,1,3,8H2,2,4H3/b10-6-,11-9-,13-12-. The normalized spacial score (nSPS) is 13.4. The van der Waals surface area contributed by atoms with Crippen molar-refractivity contribution >= 4 is 0 Å². The average Bonchev–Trinajstić information content (AvgIpc) is 2.16. The molecule has 0 aromatic rings. The van der Waals surface area contributed by atoms with Crippen molar-refractivity contribution in [3.63, 3.8) is 0 Å². The lowest BCUT2D eigenvalue weighted by atomic mass is 10.0. The summed E-state index contributed by atoms with van der Waals surface area (Å²) in [5, 5.41) is 0. The molecule has 0 atom stereocenters. The van der Waals surface area contributed by atoms with E-state index in [9.17, 15) is 0 Å². The molecule has 0 aliphatic rings. The summed E-state index contributed by atoms with van der Waals surface area (Å²) in [7, 11) is 0. The lowest BCUT2D eigenvalue weighted by Crippen LogP contribution is -1.81. The second kappa shape index (κ2) is 7.35. The van der Waals surface area contributed by atoms with Gasteiger partial charge in [0.05, 0.1) is 0 Å². The Balaban J connectivity index is 4.94. The maximum absolute atomic E-state index is 3.79. The molecule has 0 spiro atoms. The predicted molar refractivity (Wildman–Crippen MR) is 61.7 cm³/mol. The first-order chi connectivity index (χ1) is 6.29. The van der Waals surface area contributed by atoms with Gasteiger partial charge >= 0.3 is 0 Å². The molecule has 0 aliphatic carbocycles. The van der Waals surface area contributed by atoms with Crippen LogP contribution in [0.25, 0.3) is 0 Å². The fourth-order valence-electron chi connectivity index (χ4n) is 1.09. The van der Waals surface area contributed by atoms with E-state index in [1.807, 2.05) is 31.2 Å². The number of hydrogen-bond acceptors (Lipinski definition) is 0. The van der Waals surface area contributed by atoms with Gasteiger partial charge < -0.3 is 0 Å². The summed E-state index contributed by atoms with van der Waals surface area (Å²) in [5.74, 6) is 0. The highest BCUT2D eigenvalue weighted by Gasteiger charge is 1.93. The van der Waals surface area contributed by atoms with Gasteiger partial charge in [-0.2, -0.15) is 0 Å². The van der Waals surface area contributed by atoms with Gasteiger partial charge in [-0.05, 0) is 24.5 Å². The third kappa shape index (κ3) is 4.32. The van der Waals surface area contributed by atoms with Crippen LogP contribution in [0.15, 0.2) is 60.8 Å². The zero-order chi connectivity index (χ0) is 10.1. The van der Waals surface area contributed by atoms with Crippen molar-refractivity contribution in [3.05, 3.63) is 60.8 Å². The summed E-state index contributed by atoms with van der Waals surface area (Å²) >= 11 is 0. The second-order valence-electron chi connectivity index (χ2n) is 2.63. The van der Waals surface area contributed by atoms with E-state index in [1.165, 1.54) is 11.1 Å². The highest BCUT2D eigenvalue weighted by Crippen LogP contribution is 2.12. The smallest absolute Gasteiger partial charge is 0.0228 e. The third-order valence-corrected chi connectivity index (χ3v) is 1.76. The zero-order valence-corrected chi connectivity index (χ0v) is 8.59. The first kappa shape index (κ1) is 11.7. The Morgan fingerprint density at radius 3 is 2.31 bits per heavy atom. The minimum absolute atomic E-state index is 1.00. The fourth-order valence-corrected chi connectivity index (χ4v) is 1.09. The molecule has 70 valence electrons. The minimum Gasteiger partial charge on any atom is -0.0991 e. The molecular formula is C13H18. The van der Waals surface area contributed by atoms with Gasteiger partial charge in [-0.3, -0.25) is 0 Å². The van der Waals surface area contributed by atoms with Crippen molar-refractivity contribution in [1.29, 1.82) is 0 Å². The molecule has 0 aromatic carbocycles. The number of allylic oxidation sites excluding steroid dienone is 8.